The molecule has 0 aliphatic rings. The molecule has 1 nitrogen and oxygen atoms in total. The second kappa shape index (κ2) is 11.2. The molecule has 2 unspecified atom stereocenters. The van der Waals surface area contributed by atoms with Crippen LogP contribution in [0.2, 0.25) is 0 Å². The summed E-state index contributed by atoms with van der Waals surface area (Å²) in [7, 11) is 0. The molecule has 0 amide bonds. The summed E-state index contributed by atoms with van der Waals surface area (Å²) in [6.07, 6.45) is 2.24. The van der Waals surface area contributed by atoms with Crippen LogP contribution in [0.15, 0.2) is 42.5 Å². The van der Waals surface area contributed by atoms with Crippen LogP contribution in [0.3, 0.4) is 0 Å². The normalized spacial score (nSPS) is 13.3. The lowest BCUT2D eigenvalue weighted by Gasteiger charge is -2.19. The van der Waals surface area contributed by atoms with Gasteiger partial charge in [-0.25, -0.2) is 0 Å². The van der Waals surface area contributed by atoms with Crippen molar-refractivity contribution in [2.45, 2.75) is 80.1 Å². The van der Waals surface area contributed by atoms with Crippen LogP contribution in [0, 0.1) is 11.8 Å². The number of hydrogen-bond acceptors (Lipinski definition) is 1. The van der Waals surface area contributed by atoms with Crippen molar-refractivity contribution >= 4 is 5.69 Å². The molecule has 0 aliphatic heterocycles. The highest BCUT2D eigenvalue weighted by Gasteiger charge is 2.13. The lowest BCUT2D eigenvalue weighted by atomic mass is 9.86. The molecule has 0 aliphatic carbocycles. The quantitative estimate of drug-likeness (QED) is 0.523. The van der Waals surface area contributed by atoms with Crippen molar-refractivity contribution in [3.63, 3.8) is 0 Å². The maximum atomic E-state index is 5.82. The fourth-order valence-corrected chi connectivity index (χ4v) is 3.38. The zero-order valence-corrected chi connectivity index (χ0v) is 18.8. The van der Waals surface area contributed by atoms with E-state index in [-0.39, 0.29) is 0 Å². The summed E-state index contributed by atoms with van der Waals surface area (Å²) < 4.78 is 0. The van der Waals surface area contributed by atoms with E-state index in [2.05, 4.69) is 91.8 Å². The molecular formula is C26H41N. The summed E-state index contributed by atoms with van der Waals surface area (Å²) >= 11 is 0. The zero-order chi connectivity index (χ0) is 20.6. The number of benzene rings is 2. The van der Waals surface area contributed by atoms with Crippen LogP contribution >= 0.6 is 0 Å². The van der Waals surface area contributed by atoms with Crippen LogP contribution in [-0.4, -0.2) is 0 Å². The molecular weight excluding hydrogens is 326 g/mol. The molecule has 150 valence electrons. The highest BCUT2D eigenvalue weighted by Crippen LogP contribution is 2.29. The van der Waals surface area contributed by atoms with Crippen LogP contribution in [0.5, 0.6) is 0 Å². The van der Waals surface area contributed by atoms with Crippen molar-refractivity contribution in [2.75, 3.05) is 5.73 Å². The Bertz CT molecular complexity index is 684. The molecule has 2 aromatic rings. The maximum absolute atomic E-state index is 5.82. The molecule has 27 heavy (non-hydrogen) atoms. The molecule has 0 spiro atoms. The fraction of sp³-hybridized carbons (Fsp3) is 0.538. The molecule has 2 atom stereocenters. The SMILES string of the molecule is CCc1ccc(N)cc1C(C)C(C)C.CCc1ccccc1C(C)C(C)C. The molecule has 0 saturated carbocycles. The second-order valence-electron chi connectivity index (χ2n) is 8.43. The van der Waals surface area contributed by atoms with Crippen molar-refractivity contribution in [3.05, 3.63) is 64.7 Å². The summed E-state index contributed by atoms with van der Waals surface area (Å²) in [6.45, 7) is 18.1. The van der Waals surface area contributed by atoms with Crippen LogP contribution in [-0.2, 0) is 12.8 Å². The minimum atomic E-state index is 0.591. The number of nitrogen functional groups attached to an aromatic ring is 1. The Hall–Kier alpha value is -1.76. The van der Waals surface area contributed by atoms with Crippen molar-refractivity contribution in [2.24, 2.45) is 11.8 Å². The summed E-state index contributed by atoms with van der Waals surface area (Å²) in [5.74, 6) is 2.67. The molecule has 0 fully saturated rings. The van der Waals surface area contributed by atoms with Gasteiger partial charge in [0.25, 0.3) is 0 Å². The predicted octanol–water partition coefficient (Wildman–Crippen LogP) is 7.60. The van der Waals surface area contributed by atoms with Crippen molar-refractivity contribution in [1.29, 1.82) is 0 Å². The van der Waals surface area contributed by atoms with Gasteiger partial charge in [0, 0.05) is 5.69 Å². The fourth-order valence-electron chi connectivity index (χ4n) is 3.38. The Morgan fingerprint density at radius 1 is 0.667 bits per heavy atom. The molecule has 0 bridgehead atoms. The molecule has 1 heteroatoms. The van der Waals surface area contributed by atoms with Gasteiger partial charge >= 0.3 is 0 Å². The van der Waals surface area contributed by atoms with E-state index in [1.54, 1.807) is 0 Å². The monoisotopic (exact) mass is 367 g/mol. The largest absolute Gasteiger partial charge is 0.399 e. The average Bonchev–Trinajstić information content (AvgIpc) is 2.66. The average molecular weight is 368 g/mol. The Labute approximate surface area is 168 Å². The number of rotatable bonds is 6. The Morgan fingerprint density at radius 3 is 1.67 bits per heavy atom. The van der Waals surface area contributed by atoms with Gasteiger partial charge in [0.1, 0.15) is 0 Å². The first-order chi connectivity index (χ1) is 12.7. The first-order valence-corrected chi connectivity index (χ1v) is 10.7. The Kier molecular flexibility index (Phi) is 9.63. The second-order valence-corrected chi connectivity index (χ2v) is 8.43. The van der Waals surface area contributed by atoms with Gasteiger partial charge in [0.15, 0.2) is 0 Å². The summed E-state index contributed by atoms with van der Waals surface area (Å²) in [5.41, 5.74) is 12.6. The molecule has 0 aromatic heterocycles. The first-order valence-electron chi connectivity index (χ1n) is 10.7. The molecule has 2 aromatic carbocycles. The Balaban J connectivity index is 0.000000271. The van der Waals surface area contributed by atoms with Gasteiger partial charge in [0.2, 0.25) is 0 Å². The van der Waals surface area contributed by atoms with E-state index in [4.69, 9.17) is 5.73 Å². The third kappa shape index (κ3) is 6.72. The molecule has 2 rings (SSSR count). The number of nitrogens with two attached hydrogens (primary N) is 1. The van der Waals surface area contributed by atoms with Gasteiger partial charge in [-0.3, -0.25) is 0 Å². The van der Waals surface area contributed by atoms with Crippen molar-refractivity contribution in [3.8, 4) is 0 Å². The van der Waals surface area contributed by atoms with Gasteiger partial charge in [-0.05, 0) is 70.9 Å². The van der Waals surface area contributed by atoms with Gasteiger partial charge in [-0.1, -0.05) is 85.7 Å². The van der Waals surface area contributed by atoms with Crippen LogP contribution < -0.4 is 5.73 Å². The molecule has 2 N–H and O–H groups in total. The zero-order valence-electron chi connectivity index (χ0n) is 18.8. The maximum Gasteiger partial charge on any atom is 0.0317 e. The minimum absolute atomic E-state index is 0.591. The van der Waals surface area contributed by atoms with E-state index < -0.39 is 0 Å². The van der Waals surface area contributed by atoms with Crippen LogP contribution in [0.4, 0.5) is 5.69 Å². The highest BCUT2D eigenvalue weighted by molar-refractivity contribution is 5.46. The smallest absolute Gasteiger partial charge is 0.0317 e. The van der Waals surface area contributed by atoms with E-state index >= 15 is 0 Å². The Morgan fingerprint density at radius 2 is 1.15 bits per heavy atom. The topological polar surface area (TPSA) is 26.0 Å². The van der Waals surface area contributed by atoms with Gasteiger partial charge < -0.3 is 5.73 Å². The third-order valence-electron chi connectivity index (χ3n) is 5.97. The summed E-state index contributed by atoms with van der Waals surface area (Å²) in [5, 5.41) is 0. The summed E-state index contributed by atoms with van der Waals surface area (Å²) in [6, 6.07) is 15.1. The van der Waals surface area contributed by atoms with Crippen LogP contribution in [0.25, 0.3) is 0 Å². The standard InChI is InChI=1S/C13H21N.C13H20/c1-5-11-6-7-12(14)8-13(11)10(4)9(2)3;1-5-12-8-6-7-9-13(12)11(4)10(2)3/h6-10H,5,14H2,1-4H3;6-11H,5H2,1-4H3. The van der Waals surface area contributed by atoms with Crippen molar-refractivity contribution in [1.82, 2.24) is 0 Å². The van der Waals surface area contributed by atoms with E-state index in [0.717, 1.165) is 24.4 Å². The third-order valence-corrected chi connectivity index (χ3v) is 5.97. The summed E-state index contributed by atoms with van der Waals surface area (Å²) in [4.78, 5) is 0. The number of hydrogen-bond donors (Lipinski definition) is 1. The number of aryl methyl sites for hydroxylation is 2. The lowest BCUT2D eigenvalue weighted by Crippen LogP contribution is -2.06. The van der Waals surface area contributed by atoms with Gasteiger partial charge in [-0.15, -0.1) is 0 Å². The number of anilines is 1. The van der Waals surface area contributed by atoms with E-state index in [1.165, 1.54) is 22.3 Å². The van der Waals surface area contributed by atoms with Gasteiger partial charge in [-0.2, -0.15) is 0 Å². The van der Waals surface area contributed by atoms with E-state index in [1.807, 2.05) is 6.07 Å². The lowest BCUT2D eigenvalue weighted by molar-refractivity contribution is 0.531. The van der Waals surface area contributed by atoms with E-state index in [9.17, 15) is 0 Å². The van der Waals surface area contributed by atoms with Gasteiger partial charge in [0.05, 0.1) is 0 Å². The molecule has 0 saturated heterocycles. The highest BCUT2D eigenvalue weighted by atomic mass is 14.5. The minimum Gasteiger partial charge on any atom is -0.399 e. The first kappa shape index (κ1) is 23.3. The molecule has 0 heterocycles. The van der Waals surface area contributed by atoms with Crippen molar-refractivity contribution < 1.29 is 0 Å². The van der Waals surface area contributed by atoms with Crippen LogP contribution in [0.1, 0.15) is 89.5 Å². The predicted molar refractivity (Wildman–Crippen MR) is 123 cm³/mol. The van der Waals surface area contributed by atoms with E-state index in [0.29, 0.717) is 17.8 Å². The molecule has 0 radical (unpaired) electrons.